The van der Waals surface area contributed by atoms with Crippen LogP contribution < -0.4 is 10.0 Å². The quantitative estimate of drug-likeness (QED) is 0.636. The van der Waals surface area contributed by atoms with Gasteiger partial charge in [0.25, 0.3) is 5.91 Å². The van der Waals surface area contributed by atoms with Gasteiger partial charge < -0.3 is 9.73 Å². The molecule has 2 heterocycles. The topological polar surface area (TPSA) is 101 Å². The van der Waals surface area contributed by atoms with Crippen molar-refractivity contribution in [2.24, 2.45) is 0 Å². The van der Waals surface area contributed by atoms with Crippen LogP contribution in [0.3, 0.4) is 0 Å². The molecule has 0 fully saturated rings. The first-order valence-corrected chi connectivity index (χ1v) is 10.2. The summed E-state index contributed by atoms with van der Waals surface area (Å²) in [7, 11) is -3.79. The Morgan fingerprint density at radius 2 is 2.00 bits per heavy atom. The average Bonchev–Trinajstić information content (AvgIpc) is 3.21. The zero-order chi connectivity index (χ0) is 20.1. The molecule has 0 radical (unpaired) electrons. The number of hydrogen-bond acceptors (Lipinski definition) is 5. The molecule has 1 unspecified atom stereocenters. The second-order valence-electron chi connectivity index (χ2n) is 6.33. The number of aromatic nitrogens is 1. The fourth-order valence-corrected chi connectivity index (χ4v) is 3.68. The molecule has 0 aliphatic heterocycles. The first-order chi connectivity index (χ1) is 13.4. The van der Waals surface area contributed by atoms with E-state index in [9.17, 15) is 13.2 Å². The molecule has 28 heavy (non-hydrogen) atoms. The largest absolute Gasteiger partial charge is 0.468 e. The lowest BCUT2D eigenvalue weighted by Gasteiger charge is -2.15. The van der Waals surface area contributed by atoms with E-state index < -0.39 is 10.0 Å². The molecule has 1 aromatic carbocycles. The Morgan fingerprint density at radius 1 is 1.18 bits per heavy atom. The molecule has 8 heteroatoms. The van der Waals surface area contributed by atoms with Crippen molar-refractivity contribution in [2.45, 2.75) is 31.3 Å². The minimum Gasteiger partial charge on any atom is -0.468 e. The fourth-order valence-electron chi connectivity index (χ4n) is 2.66. The van der Waals surface area contributed by atoms with Crippen LogP contribution in [-0.4, -0.2) is 19.3 Å². The molecule has 0 spiro atoms. The van der Waals surface area contributed by atoms with E-state index in [0.29, 0.717) is 16.9 Å². The number of furan rings is 1. The predicted molar refractivity (Wildman–Crippen MR) is 104 cm³/mol. The Kier molecular flexibility index (Phi) is 5.91. The van der Waals surface area contributed by atoms with Gasteiger partial charge in [0, 0.05) is 11.8 Å². The lowest BCUT2D eigenvalue weighted by molar-refractivity contribution is 0.0938. The second-order valence-corrected chi connectivity index (χ2v) is 8.10. The van der Waals surface area contributed by atoms with E-state index >= 15 is 0 Å². The first kappa shape index (κ1) is 19.8. The zero-order valence-electron chi connectivity index (χ0n) is 15.5. The van der Waals surface area contributed by atoms with Crippen molar-refractivity contribution in [2.75, 3.05) is 0 Å². The third-order valence-electron chi connectivity index (χ3n) is 4.26. The minimum atomic E-state index is -3.79. The number of rotatable bonds is 7. The molecule has 0 saturated carbocycles. The normalized spacial score (nSPS) is 12.5. The summed E-state index contributed by atoms with van der Waals surface area (Å²) >= 11 is 0. The Balaban J connectivity index is 1.77. The molecular formula is C20H21N3O4S. The highest BCUT2D eigenvalue weighted by molar-refractivity contribution is 7.89. The van der Waals surface area contributed by atoms with Gasteiger partial charge in [-0.3, -0.25) is 9.78 Å². The number of aryl methyl sites for hydroxylation is 1. The second kappa shape index (κ2) is 8.37. The van der Waals surface area contributed by atoms with E-state index in [-0.39, 0.29) is 23.4 Å². The smallest absolute Gasteiger partial charge is 0.252 e. The lowest BCUT2D eigenvalue weighted by atomic mass is 10.1. The summed E-state index contributed by atoms with van der Waals surface area (Å²) in [5.74, 6) is 0.136. The van der Waals surface area contributed by atoms with Gasteiger partial charge in [-0.1, -0.05) is 12.1 Å². The molecule has 0 aliphatic rings. The van der Waals surface area contributed by atoms with Gasteiger partial charge in [-0.15, -0.1) is 0 Å². The van der Waals surface area contributed by atoms with Crippen LogP contribution in [0.5, 0.6) is 0 Å². The molecule has 3 rings (SSSR count). The molecule has 146 valence electrons. The number of sulfonamides is 1. The third kappa shape index (κ3) is 4.65. The summed E-state index contributed by atoms with van der Waals surface area (Å²) < 4.78 is 32.7. The maximum absolute atomic E-state index is 12.7. The summed E-state index contributed by atoms with van der Waals surface area (Å²) in [5.41, 5.74) is 1.69. The van der Waals surface area contributed by atoms with Gasteiger partial charge in [0.1, 0.15) is 5.76 Å². The van der Waals surface area contributed by atoms with Gasteiger partial charge in [-0.2, -0.15) is 0 Å². The molecule has 0 aliphatic carbocycles. The van der Waals surface area contributed by atoms with E-state index in [4.69, 9.17) is 4.42 Å². The Bertz CT molecular complexity index is 1050. The summed E-state index contributed by atoms with van der Waals surface area (Å²) in [6.07, 6.45) is 3.13. The maximum Gasteiger partial charge on any atom is 0.252 e. The first-order valence-electron chi connectivity index (χ1n) is 8.71. The van der Waals surface area contributed by atoms with E-state index in [0.717, 1.165) is 5.69 Å². The molecule has 2 aromatic heterocycles. The van der Waals surface area contributed by atoms with Crippen molar-refractivity contribution in [3.8, 4) is 0 Å². The molecule has 3 aromatic rings. The summed E-state index contributed by atoms with van der Waals surface area (Å²) in [5, 5.41) is 2.85. The number of hydrogen-bond donors (Lipinski definition) is 2. The van der Waals surface area contributed by atoms with Crippen molar-refractivity contribution < 1.29 is 17.6 Å². The highest BCUT2D eigenvalue weighted by Crippen LogP contribution is 2.18. The van der Waals surface area contributed by atoms with Crippen LogP contribution in [0.2, 0.25) is 0 Å². The van der Waals surface area contributed by atoms with Crippen molar-refractivity contribution in [3.63, 3.8) is 0 Å². The van der Waals surface area contributed by atoms with Crippen LogP contribution in [0, 0.1) is 6.92 Å². The van der Waals surface area contributed by atoms with E-state index in [2.05, 4.69) is 15.0 Å². The standard InChI is InChI=1S/C20H21N3O4S/c1-14-8-9-17(28(25,26)22-13-16-6-5-11-27-16)12-18(14)20(24)23-15(2)19-7-3-4-10-21-19/h3-12,15,22H,13H2,1-2H3,(H,23,24). The highest BCUT2D eigenvalue weighted by atomic mass is 32.2. The Labute approximate surface area is 163 Å². The van der Waals surface area contributed by atoms with Gasteiger partial charge in [-0.25, -0.2) is 13.1 Å². The average molecular weight is 399 g/mol. The van der Waals surface area contributed by atoms with Gasteiger partial charge in [0.05, 0.1) is 29.4 Å². The zero-order valence-corrected chi connectivity index (χ0v) is 16.4. The van der Waals surface area contributed by atoms with E-state index in [1.54, 1.807) is 37.4 Å². The molecule has 2 N–H and O–H groups in total. The molecule has 0 bridgehead atoms. The van der Waals surface area contributed by atoms with Crippen molar-refractivity contribution in [1.29, 1.82) is 0 Å². The fraction of sp³-hybridized carbons (Fsp3) is 0.200. The minimum absolute atomic E-state index is 0.0142. The summed E-state index contributed by atoms with van der Waals surface area (Å²) in [6, 6.07) is 13.0. The van der Waals surface area contributed by atoms with Gasteiger partial charge in [0.15, 0.2) is 0 Å². The van der Waals surface area contributed by atoms with Gasteiger partial charge in [-0.05, 0) is 55.8 Å². The van der Waals surface area contributed by atoms with E-state index in [1.807, 2.05) is 19.1 Å². The van der Waals surface area contributed by atoms with Crippen molar-refractivity contribution >= 4 is 15.9 Å². The lowest BCUT2D eigenvalue weighted by Crippen LogP contribution is -2.28. The molecular weight excluding hydrogens is 378 g/mol. The van der Waals surface area contributed by atoms with Crippen LogP contribution in [0.4, 0.5) is 0 Å². The van der Waals surface area contributed by atoms with Crippen LogP contribution in [0.15, 0.2) is 70.3 Å². The number of carbonyl (C=O) groups is 1. The monoisotopic (exact) mass is 399 g/mol. The van der Waals surface area contributed by atoms with Crippen LogP contribution in [0.25, 0.3) is 0 Å². The van der Waals surface area contributed by atoms with Crippen LogP contribution in [-0.2, 0) is 16.6 Å². The molecule has 7 nitrogen and oxygen atoms in total. The highest BCUT2D eigenvalue weighted by Gasteiger charge is 2.20. The number of benzene rings is 1. The number of amides is 1. The maximum atomic E-state index is 12.7. The molecule has 1 amide bonds. The van der Waals surface area contributed by atoms with E-state index in [1.165, 1.54) is 18.4 Å². The number of carbonyl (C=O) groups excluding carboxylic acids is 1. The number of pyridine rings is 1. The van der Waals surface area contributed by atoms with Gasteiger partial charge in [0.2, 0.25) is 10.0 Å². The van der Waals surface area contributed by atoms with Crippen LogP contribution >= 0.6 is 0 Å². The number of nitrogens with zero attached hydrogens (tertiary/aromatic N) is 1. The summed E-state index contributed by atoms with van der Waals surface area (Å²) in [4.78, 5) is 16.9. The Hall–Kier alpha value is -2.97. The van der Waals surface area contributed by atoms with Crippen LogP contribution in [0.1, 0.15) is 40.3 Å². The predicted octanol–water partition coefficient (Wildman–Crippen LogP) is 2.95. The summed E-state index contributed by atoms with van der Waals surface area (Å²) in [6.45, 7) is 3.61. The molecule has 1 atom stereocenters. The Morgan fingerprint density at radius 3 is 2.68 bits per heavy atom. The van der Waals surface area contributed by atoms with Crippen molar-refractivity contribution in [1.82, 2.24) is 15.0 Å². The third-order valence-corrected chi connectivity index (χ3v) is 5.66. The SMILES string of the molecule is Cc1ccc(S(=O)(=O)NCc2ccco2)cc1C(=O)NC(C)c1ccccn1. The molecule has 0 saturated heterocycles. The number of nitrogens with one attached hydrogen (secondary N) is 2. The van der Waals surface area contributed by atoms with Gasteiger partial charge >= 0.3 is 0 Å². The van der Waals surface area contributed by atoms with Crippen molar-refractivity contribution in [3.05, 3.63) is 83.6 Å².